The lowest BCUT2D eigenvalue weighted by Crippen LogP contribution is -2.31. The van der Waals surface area contributed by atoms with Gasteiger partial charge in [-0.1, -0.05) is 17.7 Å². The Balaban J connectivity index is 2.69. The van der Waals surface area contributed by atoms with E-state index in [1.54, 1.807) is 18.2 Å². The van der Waals surface area contributed by atoms with E-state index in [9.17, 15) is 8.42 Å². The van der Waals surface area contributed by atoms with Crippen molar-refractivity contribution in [2.24, 2.45) is 0 Å². The summed E-state index contributed by atoms with van der Waals surface area (Å²) in [6.45, 7) is 1.82. The van der Waals surface area contributed by atoms with E-state index in [0.29, 0.717) is 15.6 Å². The molecule has 2 rings (SSSR count). The summed E-state index contributed by atoms with van der Waals surface area (Å²) in [5, 5.41) is 3.53. The zero-order chi connectivity index (χ0) is 10.3. The van der Waals surface area contributed by atoms with Gasteiger partial charge >= 0.3 is 0 Å². The van der Waals surface area contributed by atoms with Crippen molar-refractivity contribution in [1.82, 2.24) is 0 Å². The van der Waals surface area contributed by atoms with Crippen LogP contribution < -0.4 is 5.32 Å². The first-order valence-corrected chi connectivity index (χ1v) is 6.31. The quantitative estimate of drug-likeness (QED) is 0.742. The van der Waals surface area contributed by atoms with Crippen LogP contribution in [0, 0.1) is 0 Å². The van der Waals surface area contributed by atoms with Gasteiger partial charge in [-0.25, -0.2) is 8.42 Å². The Kier molecular flexibility index (Phi) is 2.20. The molecule has 1 atom stereocenters. The molecule has 1 aromatic carbocycles. The molecule has 0 amide bonds. The van der Waals surface area contributed by atoms with Crippen LogP contribution in [0.5, 0.6) is 0 Å². The first-order chi connectivity index (χ1) is 6.50. The van der Waals surface area contributed by atoms with E-state index >= 15 is 0 Å². The maximum Gasteiger partial charge on any atom is 0.182 e. The largest absolute Gasteiger partial charge is 0.379 e. The average molecular weight is 232 g/mol. The minimum Gasteiger partial charge on any atom is -0.379 e. The molecule has 0 aliphatic carbocycles. The second-order valence-corrected chi connectivity index (χ2v) is 5.85. The van der Waals surface area contributed by atoms with Crippen molar-refractivity contribution in [2.45, 2.75) is 17.9 Å². The lowest BCUT2D eigenvalue weighted by atomic mass is 10.2. The minimum atomic E-state index is -3.16. The SMILES string of the molecule is CC1CS(=O)(=O)c2cccc(Cl)c2N1. The van der Waals surface area contributed by atoms with Gasteiger partial charge in [-0.3, -0.25) is 0 Å². The average Bonchev–Trinajstić information content (AvgIpc) is 2.05. The number of hydrogen-bond acceptors (Lipinski definition) is 3. The van der Waals surface area contributed by atoms with Crippen LogP contribution in [0.4, 0.5) is 5.69 Å². The molecule has 0 saturated heterocycles. The Morgan fingerprint density at radius 1 is 1.50 bits per heavy atom. The van der Waals surface area contributed by atoms with Gasteiger partial charge in [-0.2, -0.15) is 0 Å². The molecule has 1 heterocycles. The van der Waals surface area contributed by atoms with Crippen LogP contribution in [0.25, 0.3) is 0 Å². The molecule has 14 heavy (non-hydrogen) atoms. The van der Waals surface area contributed by atoms with Gasteiger partial charge in [0, 0.05) is 6.04 Å². The molecule has 0 radical (unpaired) electrons. The molecular formula is C9H10ClNO2S. The normalized spacial score (nSPS) is 23.7. The number of anilines is 1. The summed E-state index contributed by atoms with van der Waals surface area (Å²) in [6, 6.07) is 4.82. The Morgan fingerprint density at radius 3 is 2.93 bits per heavy atom. The summed E-state index contributed by atoms with van der Waals surface area (Å²) in [5.74, 6) is 0.125. The van der Waals surface area contributed by atoms with Gasteiger partial charge in [-0.15, -0.1) is 0 Å². The van der Waals surface area contributed by atoms with Gasteiger partial charge in [0.25, 0.3) is 0 Å². The van der Waals surface area contributed by atoms with Crippen LogP contribution in [0.2, 0.25) is 5.02 Å². The first kappa shape index (κ1) is 9.80. The number of rotatable bonds is 0. The highest BCUT2D eigenvalue weighted by Gasteiger charge is 2.28. The third-order valence-corrected chi connectivity index (χ3v) is 4.43. The Morgan fingerprint density at radius 2 is 2.21 bits per heavy atom. The van der Waals surface area contributed by atoms with Crippen molar-refractivity contribution >= 4 is 27.1 Å². The third-order valence-electron chi connectivity index (χ3n) is 2.17. The van der Waals surface area contributed by atoms with Crippen LogP contribution >= 0.6 is 11.6 Å². The summed E-state index contributed by atoms with van der Waals surface area (Å²) in [5.41, 5.74) is 0.535. The van der Waals surface area contributed by atoms with Crippen LogP contribution in [-0.4, -0.2) is 20.2 Å². The van der Waals surface area contributed by atoms with E-state index in [1.165, 1.54) is 0 Å². The van der Waals surface area contributed by atoms with Crippen molar-refractivity contribution in [3.63, 3.8) is 0 Å². The fraction of sp³-hybridized carbons (Fsp3) is 0.333. The maximum atomic E-state index is 11.7. The molecule has 76 valence electrons. The highest BCUT2D eigenvalue weighted by atomic mass is 35.5. The van der Waals surface area contributed by atoms with Crippen molar-refractivity contribution in [2.75, 3.05) is 11.1 Å². The third kappa shape index (κ3) is 1.48. The van der Waals surface area contributed by atoms with E-state index in [2.05, 4.69) is 5.32 Å². The monoisotopic (exact) mass is 231 g/mol. The molecule has 1 unspecified atom stereocenters. The summed E-state index contributed by atoms with van der Waals surface area (Å²) in [7, 11) is -3.16. The van der Waals surface area contributed by atoms with Gasteiger partial charge in [0.05, 0.1) is 21.4 Å². The summed E-state index contributed by atoms with van der Waals surface area (Å²) in [4.78, 5) is 0.308. The van der Waals surface area contributed by atoms with Crippen molar-refractivity contribution in [1.29, 1.82) is 0 Å². The number of halogens is 1. The highest BCUT2D eigenvalue weighted by Crippen LogP contribution is 2.34. The predicted molar refractivity (Wildman–Crippen MR) is 56.6 cm³/mol. The van der Waals surface area contributed by atoms with E-state index in [-0.39, 0.29) is 11.8 Å². The van der Waals surface area contributed by atoms with Crippen molar-refractivity contribution in [3.05, 3.63) is 23.2 Å². The molecule has 0 bridgehead atoms. The van der Waals surface area contributed by atoms with E-state index in [0.717, 1.165) is 0 Å². The second-order valence-electron chi connectivity index (χ2n) is 3.44. The smallest absolute Gasteiger partial charge is 0.182 e. The Hall–Kier alpha value is -0.740. The van der Waals surface area contributed by atoms with E-state index < -0.39 is 9.84 Å². The van der Waals surface area contributed by atoms with Crippen LogP contribution in [0.15, 0.2) is 23.1 Å². The number of nitrogens with one attached hydrogen (secondary N) is 1. The van der Waals surface area contributed by atoms with Crippen LogP contribution in [-0.2, 0) is 9.84 Å². The maximum absolute atomic E-state index is 11.7. The predicted octanol–water partition coefficient (Wildman–Crippen LogP) is 1.93. The molecule has 0 fully saturated rings. The number of para-hydroxylation sites is 1. The van der Waals surface area contributed by atoms with Crippen molar-refractivity contribution in [3.8, 4) is 0 Å². The standard InChI is InChI=1S/C9H10ClNO2S/c1-6-5-14(12,13)8-4-2-3-7(10)9(8)11-6/h2-4,6,11H,5H2,1H3. The zero-order valence-corrected chi connectivity index (χ0v) is 9.19. The molecule has 1 aliphatic heterocycles. The van der Waals surface area contributed by atoms with Gasteiger partial charge in [0.15, 0.2) is 9.84 Å². The van der Waals surface area contributed by atoms with E-state index in [4.69, 9.17) is 11.6 Å². The minimum absolute atomic E-state index is 0.0904. The molecule has 0 saturated carbocycles. The Labute approximate surface area is 88.0 Å². The fourth-order valence-electron chi connectivity index (χ4n) is 1.61. The first-order valence-electron chi connectivity index (χ1n) is 4.28. The van der Waals surface area contributed by atoms with Gasteiger partial charge < -0.3 is 5.32 Å². The van der Waals surface area contributed by atoms with Gasteiger partial charge in [0.1, 0.15) is 0 Å². The lowest BCUT2D eigenvalue weighted by molar-refractivity contribution is 0.589. The molecule has 0 aromatic heterocycles. The molecule has 1 N–H and O–H groups in total. The lowest BCUT2D eigenvalue weighted by Gasteiger charge is -2.24. The van der Waals surface area contributed by atoms with Gasteiger partial charge in [0.2, 0.25) is 0 Å². The molecule has 1 aromatic rings. The summed E-state index contributed by atoms with van der Waals surface area (Å²) < 4.78 is 23.5. The Bertz CT molecular complexity index is 470. The summed E-state index contributed by atoms with van der Waals surface area (Å²) >= 11 is 5.91. The molecular weight excluding hydrogens is 222 g/mol. The topological polar surface area (TPSA) is 46.2 Å². The summed E-state index contributed by atoms with van der Waals surface area (Å²) in [6.07, 6.45) is 0. The molecule has 5 heteroatoms. The van der Waals surface area contributed by atoms with Crippen molar-refractivity contribution < 1.29 is 8.42 Å². The number of hydrogen-bond donors (Lipinski definition) is 1. The fourth-order valence-corrected chi connectivity index (χ4v) is 3.58. The van der Waals surface area contributed by atoms with E-state index in [1.807, 2.05) is 6.92 Å². The molecule has 1 aliphatic rings. The zero-order valence-electron chi connectivity index (χ0n) is 7.62. The van der Waals surface area contributed by atoms with Gasteiger partial charge in [-0.05, 0) is 19.1 Å². The number of fused-ring (bicyclic) bond motifs is 1. The second kappa shape index (κ2) is 3.14. The van der Waals surface area contributed by atoms with Crippen LogP contribution in [0.1, 0.15) is 6.92 Å². The molecule has 3 nitrogen and oxygen atoms in total. The van der Waals surface area contributed by atoms with Crippen LogP contribution in [0.3, 0.4) is 0 Å². The number of sulfone groups is 1. The molecule has 0 spiro atoms. The number of benzene rings is 1. The highest BCUT2D eigenvalue weighted by molar-refractivity contribution is 7.91.